The van der Waals surface area contributed by atoms with Crippen LogP contribution in [0, 0.1) is 0 Å². The van der Waals surface area contributed by atoms with Crippen LogP contribution in [0.2, 0.25) is 0 Å². The second-order valence-electron chi connectivity index (χ2n) is 4.62. The molecule has 3 aromatic rings. The summed E-state index contributed by atoms with van der Waals surface area (Å²) in [6.07, 6.45) is 1.73. The number of H-pyrrole nitrogens is 1. The van der Waals surface area contributed by atoms with E-state index in [9.17, 15) is 4.79 Å². The Balaban J connectivity index is 1.75. The highest BCUT2D eigenvalue weighted by atomic mass is 79.9. The fourth-order valence-electron chi connectivity index (χ4n) is 2.06. The third-order valence-electron chi connectivity index (χ3n) is 3.16. The van der Waals surface area contributed by atoms with Gasteiger partial charge in [-0.15, -0.1) is 0 Å². The first kappa shape index (κ1) is 13.6. The average molecular weight is 341 g/mol. The Morgan fingerprint density at radius 3 is 2.10 bits per heavy atom. The maximum atomic E-state index is 11.9. The zero-order valence-corrected chi connectivity index (χ0v) is 12.7. The molecule has 1 aromatic heterocycles. The van der Waals surface area contributed by atoms with Crippen molar-refractivity contribution in [2.45, 2.75) is 0 Å². The van der Waals surface area contributed by atoms with Gasteiger partial charge in [-0.2, -0.15) is 0 Å². The van der Waals surface area contributed by atoms with Crippen LogP contribution in [0.15, 0.2) is 71.3 Å². The van der Waals surface area contributed by atoms with Crippen LogP contribution in [0.1, 0.15) is 10.5 Å². The highest BCUT2D eigenvalue weighted by Gasteiger charge is 2.06. The number of carbonyl (C=O) groups is 1. The standard InChI is InChI=1S/C17H13BrN2O/c18-14-7-3-12(4-8-14)13-5-9-15(10-6-13)20-17(21)16-2-1-11-19-16/h1-11,19H,(H,20,21). The zero-order valence-electron chi connectivity index (χ0n) is 11.1. The highest BCUT2D eigenvalue weighted by Crippen LogP contribution is 2.23. The number of hydrogen-bond donors (Lipinski definition) is 2. The number of rotatable bonds is 3. The van der Waals surface area contributed by atoms with Crippen LogP contribution in [0.5, 0.6) is 0 Å². The number of halogens is 1. The van der Waals surface area contributed by atoms with E-state index >= 15 is 0 Å². The molecule has 0 saturated heterocycles. The van der Waals surface area contributed by atoms with Crippen molar-refractivity contribution in [3.8, 4) is 11.1 Å². The topological polar surface area (TPSA) is 44.9 Å². The van der Waals surface area contributed by atoms with E-state index in [1.807, 2.05) is 36.4 Å². The Labute approximate surface area is 131 Å². The van der Waals surface area contributed by atoms with Gasteiger partial charge in [0, 0.05) is 16.4 Å². The SMILES string of the molecule is O=C(Nc1ccc(-c2ccc(Br)cc2)cc1)c1ccc[nH]1. The Morgan fingerprint density at radius 1 is 0.905 bits per heavy atom. The molecule has 0 fully saturated rings. The molecule has 0 saturated carbocycles. The quantitative estimate of drug-likeness (QED) is 0.713. The van der Waals surface area contributed by atoms with Crippen LogP contribution in [-0.4, -0.2) is 10.9 Å². The first-order valence-corrected chi connectivity index (χ1v) is 7.32. The molecule has 0 unspecified atom stereocenters. The molecular weight excluding hydrogens is 328 g/mol. The maximum absolute atomic E-state index is 11.9. The van der Waals surface area contributed by atoms with Gasteiger partial charge < -0.3 is 10.3 Å². The van der Waals surface area contributed by atoms with Gasteiger partial charge in [0.15, 0.2) is 0 Å². The van der Waals surface area contributed by atoms with Crippen molar-refractivity contribution in [1.82, 2.24) is 4.98 Å². The third kappa shape index (κ3) is 3.23. The fourth-order valence-corrected chi connectivity index (χ4v) is 2.32. The monoisotopic (exact) mass is 340 g/mol. The van der Waals surface area contributed by atoms with E-state index < -0.39 is 0 Å². The molecule has 3 nitrogen and oxygen atoms in total. The molecule has 0 bridgehead atoms. The van der Waals surface area contributed by atoms with E-state index in [4.69, 9.17) is 0 Å². The van der Waals surface area contributed by atoms with Gasteiger partial charge in [0.1, 0.15) is 5.69 Å². The maximum Gasteiger partial charge on any atom is 0.272 e. The fraction of sp³-hybridized carbons (Fsp3) is 0. The molecular formula is C17H13BrN2O. The van der Waals surface area contributed by atoms with Crippen molar-refractivity contribution in [2.24, 2.45) is 0 Å². The molecule has 1 amide bonds. The van der Waals surface area contributed by atoms with Gasteiger partial charge in [0.05, 0.1) is 0 Å². The minimum atomic E-state index is -0.142. The predicted molar refractivity (Wildman–Crippen MR) is 88.3 cm³/mol. The lowest BCUT2D eigenvalue weighted by molar-refractivity contribution is 0.102. The van der Waals surface area contributed by atoms with Gasteiger partial charge in [-0.25, -0.2) is 0 Å². The minimum Gasteiger partial charge on any atom is -0.357 e. The molecule has 3 rings (SSSR count). The molecule has 0 aliphatic rings. The lowest BCUT2D eigenvalue weighted by Crippen LogP contribution is -2.11. The van der Waals surface area contributed by atoms with E-state index in [0.29, 0.717) is 5.69 Å². The molecule has 0 aliphatic heterocycles. The number of aromatic amines is 1. The molecule has 2 N–H and O–H groups in total. The molecule has 0 atom stereocenters. The summed E-state index contributed by atoms with van der Waals surface area (Å²) in [5.74, 6) is -0.142. The molecule has 0 aliphatic carbocycles. The van der Waals surface area contributed by atoms with Crippen molar-refractivity contribution < 1.29 is 4.79 Å². The first-order chi connectivity index (χ1) is 10.2. The lowest BCUT2D eigenvalue weighted by atomic mass is 10.1. The largest absolute Gasteiger partial charge is 0.357 e. The molecule has 21 heavy (non-hydrogen) atoms. The second-order valence-corrected chi connectivity index (χ2v) is 5.54. The number of aromatic nitrogens is 1. The van der Waals surface area contributed by atoms with E-state index in [-0.39, 0.29) is 5.91 Å². The van der Waals surface area contributed by atoms with Crippen molar-refractivity contribution in [3.63, 3.8) is 0 Å². The number of hydrogen-bond acceptors (Lipinski definition) is 1. The Kier molecular flexibility index (Phi) is 3.88. The molecule has 104 valence electrons. The van der Waals surface area contributed by atoms with Crippen LogP contribution in [0.4, 0.5) is 5.69 Å². The molecule has 4 heteroatoms. The van der Waals surface area contributed by atoms with Crippen LogP contribution in [0.25, 0.3) is 11.1 Å². The Hall–Kier alpha value is -2.33. The van der Waals surface area contributed by atoms with Crippen molar-refractivity contribution in [1.29, 1.82) is 0 Å². The van der Waals surface area contributed by atoms with Gasteiger partial charge in [0.2, 0.25) is 0 Å². The second kappa shape index (κ2) is 5.97. The van der Waals surface area contributed by atoms with E-state index in [1.54, 1.807) is 18.3 Å². The van der Waals surface area contributed by atoms with Gasteiger partial charge >= 0.3 is 0 Å². The summed E-state index contributed by atoms with van der Waals surface area (Å²) in [7, 11) is 0. The van der Waals surface area contributed by atoms with E-state index in [1.165, 1.54) is 0 Å². The smallest absolute Gasteiger partial charge is 0.272 e. The summed E-state index contributed by atoms with van der Waals surface area (Å²) in [5.41, 5.74) is 3.57. The summed E-state index contributed by atoms with van der Waals surface area (Å²) in [5, 5.41) is 2.85. The normalized spacial score (nSPS) is 10.3. The van der Waals surface area contributed by atoms with Crippen LogP contribution in [0.3, 0.4) is 0 Å². The Bertz CT molecular complexity index is 731. The molecule has 0 spiro atoms. The zero-order chi connectivity index (χ0) is 14.7. The summed E-state index contributed by atoms with van der Waals surface area (Å²) in [4.78, 5) is 14.8. The molecule has 2 aromatic carbocycles. The summed E-state index contributed by atoms with van der Waals surface area (Å²) in [6, 6.07) is 19.5. The minimum absolute atomic E-state index is 0.142. The van der Waals surface area contributed by atoms with Gasteiger partial charge in [-0.05, 0) is 47.5 Å². The van der Waals surface area contributed by atoms with Crippen molar-refractivity contribution >= 4 is 27.5 Å². The molecule has 0 radical (unpaired) electrons. The van der Waals surface area contributed by atoms with Gasteiger partial charge in [-0.3, -0.25) is 4.79 Å². The van der Waals surface area contributed by atoms with Crippen molar-refractivity contribution in [3.05, 3.63) is 77.0 Å². The number of amides is 1. The van der Waals surface area contributed by atoms with Crippen LogP contribution in [-0.2, 0) is 0 Å². The van der Waals surface area contributed by atoms with Crippen LogP contribution >= 0.6 is 15.9 Å². The highest BCUT2D eigenvalue weighted by molar-refractivity contribution is 9.10. The summed E-state index contributed by atoms with van der Waals surface area (Å²) in [6.45, 7) is 0. The summed E-state index contributed by atoms with van der Waals surface area (Å²) >= 11 is 3.43. The predicted octanol–water partition coefficient (Wildman–Crippen LogP) is 4.70. The Morgan fingerprint density at radius 2 is 1.52 bits per heavy atom. The van der Waals surface area contributed by atoms with Crippen molar-refractivity contribution in [2.75, 3.05) is 5.32 Å². The number of nitrogens with one attached hydrogen (secondary N) is 2. The average Bonchev–Trinajstić information content (AvgIpc) is 3.03. The number of carbonyl (C=O) groups excluding carboxylic acids is 1. The lowest BCUT2D eigenvalue weighted by Gasteiger charge is -2.06. The van der Waals surface area contributed by atoms with E-state index in [0.717, 1.165) is 21.3 Å². The molecule has 1 heterocycles. The summed E-state index contributed by atoms with van der Waals surface area (Å²) < 4.78 is 1.06. The van der Waals surface area contributed by atoms with E-state index in [2.05, 4.69) is 38.4 Å². The third-order valence-corrected chi connectivity index (χ3v) is 3.69. The number of benzene rings is 2. The number of anilines is 1. The van der Waals surface area contributed by atoms with Gasteiger partial charge in [0.25, 0.3) is 5.91 Å². The first-order valence-electron chi connectivity index (χ1n) is 6.53. The van der Waals surface area contributed by atoms with Crippen LogP contribution < -0.4 is 5.32 Å². The van der Waals surface area contributed by atoms with Gasteiger partial charge in [-0.1, -0.05) is 40.2 Å².